The summed E-state index contributed by atoms with van der Waals surface area (Å²) in [5, 5.41) is 10.7. The molecule has 1 aromatic rings. The molecule has 1 aliphatic carbocycles. The van der Waals surface area contributed by atoms with Crippen molar-refractivity contribution < 1.29 is 4.42 Å². The number of hydrogen-bond donors (Lipinski definition) is 1. The molecule has 0 amide bonds. The molecule has 4 nitrogen and oxygen atoms in total. The summed E-state index contributed by atoms with van der Waals surface area (Å²) < 4.78 is 5.23. The minimum Gasteiger partial charge on any atom is -0.407 e. The van der Waals surface area contributed by atoms with Gasteiger partial charge in [0.2, 0.25) is 5.89 Å². The fourth-order valence-electron chi connectivity index (χ4n) is 1.83. The molecule has 5 heteroatoms. The van der Waals surface area contributed by atoms with Gasteiger partial charge in [0, 0.05) is 6.54 Å². The Morgan fingerprint density at radius 3 is 2.79 bits per heavy atom. The van der Waals surface area contributed by atoms with Gasteiger partial charge < -0.3 is 9.73 Å². The van der Waals surface area contributed by atoms with Crippen LogP contribution in [0, 0.1) is 5.92 Å². The zero-order valence-corrected chi connectivity index (χ0v) is 8.76. The van der Waals surface area contributed by atoms with Crippen molar-refractivity contribution in [2.45, 2.75) is 31.6 Å². The highest BCUT2D eigenvalue weighted by Crippen LogP contribution is 2.24. The first-order chi connectivity index (χ1) is 6.88. The SMILES string of the molecule is ClCc1nnc(NCC2CCCC2)o1. The fourth-order valence-corrected chi connectivity index (χ4v) is 1.93. The molecule has 1 heterocycles. The minimum atomic E-state index is 0.276. The zero-order chi connectivity index (χ0) is 9.80. The molecule has 0 atom stereocenters. The van der Waals surface area contributed by atoms with E-state index >= 15 is 0 Å². The Balaban J connectivity index is 1.79. The van der Waals surface area contributed by atoms with Gasteiger partial charge in [0.05, 0.1) is 0 Å². The van der Waals surface area contributed by atoms with Gasteiger partial charge in [-0.05, 0) is 18.8 Å². The maximum atomic E-state index is 5.54. The third kappa shape index (κ3) is 2.38. The second kappa shape index (κ2) is 4.64. The molecule has 0 aromatic carbocycles. The number of aromatic nitrogens is 2. The van der Waals surface area contributed by atoms with Crippen LogP contribution in [-0.4, -0.2) is 16.7 Å². The smallest absolute Gasteiger partial charge is 0.315 e. The lowest BCUT2D eigenvalue weighted by molar-refractivity contribution is 0.510. The molecule has 1 N–H and O–H groups in total. The average Bonchev–Trinajstić information content (AvgIpc) is 2.86. The van der Waals surface area contributed by atoms with E-state index in [4.69, 9.17) is 16.0 Å². The van der Waals surface area contributed by atoms with Crippen LogP contribution >= 0.6 is 11.6 Å². The highest BCUT2D eigenvalue weighted by molar-refractivity contribution is 6.16. The van der Waals surface area contributed by atoms with Crippen molar-refractivity contribution in [3.8, 4) is 0 Å². The number of halogens is 1. The predicted octanol–water partition coefficient (Wildman–Crippen LogP) is 2.41. The molecule has 2 rings (SSSR count). The Hall–Kier alpha value is -0.770. The molecular formula is C9H14ClN3O. The standard InChI is InChI=1S/C9H14ClN3O/c10-5-8-12-13-9(14-8)11-6-7-3-1-2-4-7/h7H,1-6H2,(H,11,13). The van der Waals surface area contributed by atoms with Crippen molar-refractivity contribution in [3.05, 3.63) is 5.89 Å². The van der Waals surface area contributed by atoms with Gasteiger partial charge in [-0.25, -0.2) is 0 Å². The Kier molecular flexibility index (Phi) is 3.24. The van der Waals surface area contributed by atoms with Gasteiger partial charge in [-0.2, -0.15) is 0 Å². The summed E-state index contributed by atoms with van der Waals surface area (Å²) in [5.41, 5.74) is 0. The molecule has 1 saturated carbocycles. The van der Waals surface area contributed by atoms with E-state index < -0.39 is 0 Å². The monoisotopic (exact) mass is 215 g/mol. The summed E-state index contributed by atoms with van der Waals surface area (Å²) in [6, 6.07) is 0.493. The van der Waals surface area contributed by atoms with Gasteiger partial charge >= 0.3 is 6.01 Å². The van der Waals surface area contributed by atoms with Gasteiger partial charge in [-0.3, -0.25) is 0 Å². The van der Waals surface area contributed by atoms with Crippen LogP contribution in [0.15, 0.2) is 4.42 Å². The molecule has 0 aliphatic heterocycles. The first-order valence-corrected chi connectivity index (χ1v) is 5.54. The Bertz CT molecular complexity index is 283. The maximum Gasteiger partial charge on any atom is 0.315 e. The van der Waals surface area contributed by atoms with Crippen molar-refractivity contribution >= 4 is 17.6 Å². The predicted molar refractivity (Wildman–Crippen MR) is 54.3 cm³/mol. The Labute approximate surface area is 88.0 Å². The Morgan fingerprint density at radius 1 is 1.36 bits per heavy atom. The normalized spacial score (nSPS) is 17.5. The van der Waals surface area contributed by atoms with E-state index in [1.165, 1.54) is 25.7 Å². The van der Waals surface area contributed by atoms with Crippen molar-refractivity contribution in [1.82, 2.24) is 10.2 Å². The molecule has 1 aromatic heterocycles. The molecule has 0 unspecified atom stereocenters. The van der Waals surface area contributed by atoms with Crippen molar-refractivity contribution in [1.29, 1.82) is 0 Å². The van der Waals surface area contributed by atoms with Gasteiger partial charge in [0.25, 0.3) is 0 Å². The van der Waals surface area contributed by atoms with Gasteiger partial charge in [0.1, 0.15) is 5.88 Å². The summed E-state index contributed by atoms with van der Waals surface area (Å²) in [6.45, 7) is 0.934. The zero-order valence-electron chi connectivity index (χ0n) is 8.00. The van der Waals surface area contributed by atoms with Crippen molar-refractivity contribution in [2.75, 3.05) is 11.9 Å². The second-order valence-electron chi connectivity index (χ2n) is 3.67. The first-order valence-electron chi connectivity index (χ1n) is 5.00. The number of nitrogens with zero attached hydrogens (tertiary/aromatic N) is 2. The molecule has 0 bridgehead atoms. The van der Waals surface area contributed by atoms with Gasteiger partial charge in [-0.15, -0.1) is 16.7 Å². The van der Waals surface area contributed by atoms with E-state index in [0.29, 0.717) is 11.9 Å². The van der Waals surface area contributed by atoms with Crippen LogP contribution < -0.4 is 5.32 Å². The lowest BCUT2D eigenvalue weighted by Gasteiger charge is -2.07. The summed E-state index contributed by atoms with van der Waals surface area (Å²) >= 11 is 5.54. The van der Waals surface area contributed by atoms with Crippen molar-refractivity contribution in [3.63, 3.8) is 0 Å². The maximum absolute atomic E-state index is 5.54. The largest absolute Gasteiger partial charge is 0.407 e. The van der Waals surface area contributed by atoms with Gasteiger partial charge in [-0.1, -0.05) is 17.9 Å². The van der Waals surface area contributed by atoms with Crippen LogP contribution in [0.25, 0.3) is 0 Å². The van der Waals surface area contributed by atoms with Crippen LogP contribution in [0.1, 0.15) is 31.6 Å². The molecule has 1 fully saturated rings. The van der Waals surface area contributed by atoms with E-state index in [1.54, 1.807) is 0 Å². The van der Waals surface area contributed by atoms with E-state index in [1.807, 2.05) is 0 Å². The topological polar surface area (TPSA) is 51.0 Å². The Morgan fingerprint density at radius 2 is 2.14 bits per heavy atom. The summed E-state index contributed by atoms with van der Waals surface area (Å²) in [5.74, 6) is 1.51. The molecular weight excluding hydrogens is 202 g/mol. The molecule has 0 saturated heterocycles. The van der Waals surface area contributed by atoms with E-state index in [2.05, 4.69) is 15.5 Å². The first kappa shape index (κ1) is 9.77. The quantitative estimate of drug-likeness (QED) is 0.784. The third-order valence-electron chi connectivity index (χ3n) is 2.60. The molecule has 0 spiro atoms. The van der Waals surface area contributed by atoms with E-state index in [0.717, 1.165) is 12.5 Å². The molecule has 0 radical (unpaired) electrons. The van der Waals surface area contributed by atoms with Crippen LogP contribution in [0.4, 0.5) is 6.01 Å². The average molecular weight is 216 g/mol. The van der Waals surface area contributed by atoms with Crippen LogP contribution in [0.5, 0.6) is 0 Å². The molecule has 1 aliphatic rings. The highest BCUT2D eigenvalue weighted by Gasteiger charge is 2.15. The highest BCUT2D eigenvalue weighted by atomic mass is 35.5. The summed E-state index contributed by atoms with van der Waals surface area (Å²) in [4.78, 5) is 0. The minimum absolute atomic E-state index is 0.276. The van der Waals surface area contributed by atoms with Crippen molar-refractivity contribution in [2.24, 2.45) is 5.92 Å². The van der Waals surface area contributed by atoms with E-state index in [-0.39, 0.29) is 5.88 Å². The third-order valence-corrected chi connectivity index (χ3v) is 2.83. The second-order valence-corrected chi connectivity index (χ2v) is 3.93. The molecule has 78 valence electrons. The summed E-state index contributed by atoms with van der Waals surface area (Å²) in [7, 11) is 0. The summed E-state index contributed by atoms with van der Waals surface area (Å²) in [6.07, 6.45) is 5.32. The van der Waals surface area contributed by atoms with Crippen LogP contribution in [0.3, 0.4) is 0 Å². The number of nitrogens with one attached hydrogen (secondary N) is 1. The lowest BCUT2D eigenvalue weighted by Crippen LogP contribution is -2.10. The van der Waals surface area contributed by atoms with E-state index in [9.17, 15) is 0 Å². The number of rotatable bonds is 4. The van der Waals surface area contributed by atoms with Gasteiger partial charge in [0.15, 0.2) is 0 Å². The van der Waals surface area contributed by atoms with Crippen LogP contribution in [0.2, 0.25) is 0 Å². The lowest BCUT2D eigenvalue weighted by atomic mass is 10.1. The van der Waals surface area contributed by atoms with Crippen LogP contribution in [-0.2, 0) is 5.88 Å². The number of alkyl halides is 1. The number of hydrogen-bond acceptors (Lipinski definition) is 4. The molecule has 14 heavy (non-hydrogen) atoms. The number of anilines is 1. The fraction of sp³-hybridized carbons (Fsp3) is 0.778.